The van der Waals surface area contributed by atoms with Gasteiger partial charge < -0.3 is 9.84 Å². The Morgan fingerprint density at radius 3 is 2.60 bits per heavy atom. The topological polar surface area (TPSA) is 46.5 Å². The number of aliphatic hydroxyl groups is 1. The van der Waals surface area contributed by atoms with E-state index in [9.17, 15) is 14.3 Å². The second-order valence-corrected chi connectivity index (χ2v) is 8.01. The molecule has 1 N–H and O–H groups in total. The van der Waals surface area contributed by atoms with Gasteiger partial charge >= 0.3 is 5.97 Å². The molecule has 0 unspecified atom stereocenters. The van der Waals surface area contributed by atoms with Crippen LogP contribution < -0.4 is 0 Å². The van der Waals surface area contributed by atoms with Gasteiger partial charge in [-0.1, -0.05) is 56.2 Å². The highest BCUT2D eigenvalue weighted by molar-refractivity contribution is 5.81. The monoisotopic (exact) mass is 410 g/mol. The van der Waals surface area contributed by atoms with Crippen molar-refractivity contribution in [3.8, 4) is 11.1 Å². The highest BCUT2D eigenvalue weighted by Gasteiger charge is 2.17. The lowest BCUT2D eigenvalue weighted by Gasteiger charge is -2.22. The van der Waals surface area contributed by atoms with Crippen LogP contribution in [-0.2, 0) is 22.4 Å². The molecule has 1 fully saturated rings. The molecule has 4 heteroatoms. The molecule has 0 heterocycles. The van der Waals surface area contributed by atoms with Crippen LogP contribution in [0.1, 0.15) is 61.1 Å². The SMILES string of the molecule is C=CC(=O)OCCCc1cc(-c2ccc(C3CCCCC3)cc2F)ccc1CCO. The number of hydrogen-bond acceptors (Lipinski definition) is 3. The van der Waals surface area contributed by atoms with E-state index in [-0.39, 0.29) is 12.4 Å². The first kappa shape index (κ1) is 22.2. The summed E-state index contributed by atoms with van der Waals surface area (Å²) in [5.74, 6) is -0.138. The van der Waals surface area contributed by atoms with Crippen molar-refractivity contribution in [2.45, 2.75) is 57.3 Å². The predicted octanol–water partition coefficient (Wildman–Crippen LogP) is 5.74. The Morgan fingerprint density at radius 2 is 1.90 bits per heavy atom. The normalized spacial score (nSPS) is 14.5. The molecule has 3 nitrogen and oxygen atoms in total. The predicted molar refractivity (Wildman–Crippen MR) is 118 cm³/mol. The average Bonchev–Trinajstić information content (AvgIpc) is 2.78. The quantitative estimate of drug-likeness (QED) is 0.326. The largest absolute Gasteiger partial charge is 0.463 e. The molecule has 1 aliphatic rings. The third-order valence-electron chi connectivity index (χ3n) is 5.97. The fourth-order valence-corrected chi connectivity index (χ4v) is 4.34. The Bertz CT molecular complexity index is 869. The van der Waals surface area contributed by atoms with E-state index in [4.69, 9.17) is 4.74 Å². The summed E-state index contributed by atoms with van der Waals surface area (Å²) in [6, 6.07) is 11.6. The second-order valence-electron chi connectivity index (χ2n) is 8.01. The van der Waals surface area contributed by atoms with Gasteiger partial charge in [-0.15, -0.1) is 0 Å². The van der Waals surface area contributed by atoms with Crippen LogP contribution in [0.4, 0.5) is 4.39 Å². The molecule has 160 valence electrons. The highest BCUT2D eigenvalue weighted by atomic mass is 19.1. The number of rotatable bonds is 9. The van der Waals surface area contributed by atoms with Gasteiger partial charge in [-0.05, 0) is 66.3 Å². The third-order valence-corrected chi connectivity index (χ3v) is 5.97. The number of aliphatic hydroxyl groups excluding tert-OH is 1. The summed E-state index contributed by atoms with van der Waals surface area (Å²) in [7, 11) is 0. The molecule has 0 bridgehead atoms. The fraction of sp³-hybridized carbons (Fsp3) is 0.423. The van der Waals surface area contributed by atoms with E-state index in [0.717, 1.165) is 41.2 Å². The summed E-state index contributed by atoms with van der Waals surface area (Å²) in [5, 5.41) is 9.36. The summed E-state index contributed by atoms with van der Waals surface area (Å²) < 4.78 is 20.0. The Morgan fingerprint density at radius 1 is 1.10 bits per heavy atom. The van der Waals surface area contributed by atoms with Crippen LogP contribution in [0.15, 0.2) is 49.1 Å². The maximum Gasteiger partial charge on any atom is 0.330 e. The Hall–Kier alpha value is -2.46. The van der Waals surface area contributed by atoms with Gasteiger partial charge in [-0.2, -0.15) is 0 Å². The molecule has 3 rings (SSSR count). The lowest BCUT2D eigenvalue weighted by Crippen LogP contribution is -2.05. The van der Waals surface area contributed by atoms with Gasteiger partial charge in [0.05, 0.1) is 6.61 Å². The zero-order chi connectivity index (χ0) is 21.3. The summed E-state index contributed by atoms with van der Waals surface area (Å²) in [6.07, 6.45) is 9.08. The zero-order valence-electron chi connectivity index (χ0n) is 17.5. The van der Waals surface area contributed by atoms with Crippen molar-refractivity contribution in [2.24, 2.45) is 0 Å². The minimum Gasteiger partial charge on any atom is -0.463 e. The minimum absolute atomic E-state index is 0.0578. The maximum atomic E-state index is 15.0. The number of aryl methyl sites for hydroxylation is 1. The van der Waals surface area contributed by atoms with Gasteiger partial charge in [0.2, 0.25) is 0 Å². The van der Waals surface area contributed by atoms with E-state index in [1.54, 1.807) is 6.07 Å². The summed E-state index contributed by atoms with van der Waals surface area (Å²) in [6.45, 7) is 3.75. The van der Waals surface area contributed by atoms with Gasteiger partial charge in [0.25, 0.3) is 0 Å². The molecule has 0 atom stereocenters. The molecule has 30 heavy (non-hydrogen) atoms. The second kappa shape index (κ2) is 11.1. The maximum absolute atomic E-state index is 15.0. The minimum atomic E-state index is -0.431. The van der Waals surface area contributed by atoms with E-state index in [1.165, 1.54) is 19.3 Å². The van der Waals surface area contributed by atoms with Crippen LogP contribution in [0.5, 0.6) is 0 Å². The van der Waals surface area contributed by atoms with Gasteiger partial charge in [0.15, 0.2) is 0 Å². The van der Waals surface area contributed by atoms with Gasteiger partial charge in [0, 0.05) is 18.2 Å². The van der Waals surface area contributed by atoms with Crippen molar-refractivity contribution >= 4 is 5.97 Å². The molecule has 0 aromatic heterocycles. The Labute approximate surface area is 178 Å². The number of hydrogen-bond donors (Lipinski definition) is 1. The fourth-order valence-electron chi connectivity index (χ4n) is 4.34. The first-order valence-electron chi connectivity index (χ1n) is 10.9. The average molecular weight is 411 g/mol. The van der Waals surface area contributed by atoms with Crippen LogP contribution >= 0.6 is 0 Å². The van der Waals surface area contributed by atoms with E-state index in [1.807, 2.05) is 24.3 Å². The van der Waals surface area contributed by atoms with Crippen LogP contribution in [0.2, 0.25) is 0 Å². The van der Waals surface area contributed by atoms with E-state index >= 15 is 0 Å². The summed E-state index contributed by atoms with van der Waals surface area (Å²) in [4.78, 5) is 11.2. The van der Waals surface area contributed by atoms with Crippen molar-refractivity contribution in [1.29, 1.82) is 0 Å². The number of ether oxygens (including phenoxy) is 1. The van der Waals surface area contributed by atoms with Gasteiger partial charge in [-0.25, -0.2) is 9.18 Å². The smallest absolute Gasteiger partial charge is 0.330 e. The van der Waals surface area contributed by atoms with Crippen molar-refractivity contribution in [3.63, 3.8) is 0 Å². The molecular formula is C26H31FO3. The van der Waals surface area contributed by atoms with Crippen LogP contribution in [-0.4, -0.2) is 24.3 Å². The number of esters is 1. The molecule has 1 saturated carbocycles. The van der Waals surface area contributed by atoms with Crippen molar-refractivity contribution < 1.29 is 19.0 Å². The lowest BCUT2D eigenvalue weighted by molar-refractivity contribution is -0.137. The van der Waals surface area contributed by atoms with Crippen LogP contribution in [0.25, 0.3) is 11.1 Å². The van der Waals surface area contributed by atoms with Crippen LogP contribution in [0.3, 0.4) is 0 Å². The van der Waals surface area contributed by atoms with E-state index in [2.05, 4.69) is 12.6 Å². The third kappa shape index (κ3) is 5.79. The zero-order valence-corrected chi connectivity index (χ0v) is 17.5. The molecule has 2 aromatic carbocycles. The molecule has 0 amide bonds. The summed E-state index contributed by atoms with van der Waals surface area (Å²) in [5.41, 5.74) is 4.63. The highest BCUT2D eigenvalue weighted by Crippen LogP contribution is 2.35. The Kier molecular flexibility index (Phi) is 8.21. The Balaban J connectivity index is 1.77. The molecule has 0 aliphatic heterocycles. The van der Waals surface area contributed by atoms with Crippen LogP contribution in [0, 0.1) is 5.82 Å². The van der Waals surface area contributed by atoms with Gasteiger partial charge in [0.1, 0.15) is 5.82 Å². The lowest BCUT2D eigenvalue weighted by atomic mass is 9.83. The van der Waals surface area contributed by atoms with Crippen molar-refractivity contribution in [3.05, 3.63) is 71.6 Å². The first-order valence-corrected chi connectivity index (χ1v) is 10.9. The van der Waals surface area contributed by atoms with E-state index in [0.29, 0.717) is 37.4 Å². The molecule has 1 aliphatic carbocycles. The molecule has 0 radical (unpaired) electrons. The summed E-state index contributed by atoms with van der Waals surface area (Å²) >= 11 is 0. The number of carbonyl (C=O) groups is 1. The molecular weight excluding hydrogens is 379 g/mol. The first-order chi connectivity index (χ1) is 14.6. The standard InChI is InChI=1S/C26H31FO3/c1-2-26(29)30-16-6-9-21-17-23(11-10-20(21)14-15-28)24-13-12-22(18-25(24)27)19-7-4-3-5-8-19/h2,10-13,17-19,28H,1,3-9,14-16H2. The van der Waals surface area contributed by atoms with Crippen molar-refractivity contribution in [1.82, 2.24) is 0 Å². The number of benzene rings is 2. The van der Waals surface area contributed by atoms with E-state index < -0.39 is 5.97 Å². The number of halogens is 1. The molecule has 0 saturated heterocycles. The molecule has 2 aromatic rings. The van der Waals surface area contributed by atoms with Crippen molar-refractivity contribution in [2.75, 3.05) is 13.2 Å². The molecule has 0 spiro atoms. The van der Waals surface area contributed by atoms with Gasteiger partial charge in [-0.3, -0.25) is 0 Å². The number of carbonyl (C=O) groups excluding carboxylic acids is 1.